The predicted molar refractivity (Wildman–Crippen MR) is 125 cm³/mol. The minimum atomic E-state index is -4.75. The molecule has 2 aromatic rings. The number of amidine groups is 1. The Morgan fingerprint density at radius 1 is 1.18 bits per heavy atom. The quantitative estimate of drug-likeness (QED) is 0.540. The van der Waals surface area contributed by atoms with E-state index in [1.54, 1.807) is 26.8 Å². The van der Waals surface area contributed by atoms with E-state index in [0.717, 1.165) is 5.84 Å². The van der Waals surface area contributed by atoms with Gasteiger partial charge in [-0.3, -0.25) is 0 Å². The van der Waals surface area contributed by atoms with E-state index in [-0.39, 0.29) is 12.3 Å². The molecule has 0 amide bonds. The molecule has 14 heteroatoms. The Hall–Kier alpha value is -3.58. The van der Waals surface area contributed by atoms with Gasteiger partial charge in [-0.25, -0.2) is 4.79 Å². The second kappa shape index (κ2) is 9.62. The number of aromatic nitrogens is 4. The lowest BCUT2D eigenvalue weighted by atomic mass is 9.83. The molecular weight excluding hydrogens is 509 g/mol. The van der Waals surface area contributed by atoms with Gasteiger partial charge in [0.2, 0.25) is 5.82 Å². The van der Waals surface area contributed by atoms with Gasteiger partial charge in [0, 0.05) is 31.5 Å². The van der Waals surface area contributed by atoms with Crippen LogP contribution in [0, 0.1) is 0 Å². The number of hydrogen-bond donors (Lipinski definition) is 0. The van der Waals surface area contributed by atoms with Crippen molar-refractivity contribution < 1.29 is 37.0 Å². The van der Waals surface area contributed by atoms with Crippen LogP contribution in [0.15, 0.2) is 23.4 Å². The molecular formula is C24H29F3N6O5. The molecule has 1 atom stereocenters. The lowest BCUT2D eigenvalue weighted by molar-refractivity contribution is -0.275. The van der Waals surface area contributed by atoms with Crippen LogP contribution in [0.3, 0.4) is 0 Å². The van der Waals surface area contributed by atoms with Crippen molar-refractivity contribution in [3.63, 3.8) is 0 Å². The molecule has 1 aromatic carbocycles. The minimum absolute atomic E-state index is 0.161. The molecule has 4 heterocycles. The van der Waals surface area contributed by atoms with Crippen molar-refractivity contribution in [2.45, 2.75) is 83.1 Å². The number of ether oxygens (including phenoxy) is 3. The highest BCUT2D eigenvalue weighted by Crippen LogP contribution is 2.44. The zero-order chi connectivity index (χ0) is 27.1. The molecule has 1 fully saturated rings. The second-order valence-electron chi connectivity index (χ2n) is 10.6. The summed E-state index contributed by atoms with van der Waals surface area (Å²) in [5.74, 6) is 0.843. The summed E-state index contributed by atoms with van der Waals surface area (Å²) in [6, 6.07) is 4.51. The smallest absolute Gasteiger partial charge is 0.487 e. The number of oxime groups is 1. The van der Waals surface area contributed by atoms with Gasteiger partial charge in [0.05, 0.1) is 6.42 Å². The van der Waals surface area contributed by atoms with E-state index < -0.39 is 29.6 Å². The number of halogens is 3. The molecule has 1 aromatic heterocycles. The van der Waals surface area contributed by atoms with Crippen LogP contribution < -0.4 is 9.47 Å². The number of esters is 1. The largest absolute Gasteiger partial charge is 0.573 e. The van der Waals surface area contributed by atoms with Crippen molar-refractivity contribution in [3.05, 3.63) is 29.6 Å². The number of piperidine rings is 1. The summed E-state index contributed by atoms with van der Waals surface area (Å²) in [5.41, 5.74) is -0.617. The average molecular weight is 539 g/mol. The number of likely N-dealkylation sites (tertiary alicyclic amines) is 1. The van der Waals surface area contributed by atoms with E-state index in [4.69, 9.17) is 14.3 Å². The molecule has 5 rings (SSSR count). The maximum atomic E-state index is 12.8. The lowest BCUT2D eigenvalue weighted by Crippen LogP contribution is -2.51. The number of hydrogen-bond acceptors (Lipinski definition) is 10. The summed E-state index contributed by atoms with van der Waals surface area (Å²) in [6.45, 7) is 6.49. The van der Waals surface area contributed by atoms with Crippen LogP contribution in [0.1, 0.15) is 63.9 Å². The summed E-state index contributed by atoms with van der Waals surface area (Å²) in [7, 11) is 0. The predicted octanol–water partition coefficient (Wildman–Crippen LogP) is 3.55. The molecule has 0 saturated carbocycles. The highest BCUT2D eigenvalue weighted by molar-refractivity contribution is 5.83. The molecule has 38 heavy (non-hydrogen) atoms. The maximum Gasteiger partial charge on any atom is 0.573 e. The van der Waals surface area contributed by atoms with Crippen molar-refractivity contribution in [3.8, 4) is 11.5 Å². The van der Waals surface area contributed by atoms with Crippen LogP contribution >= 0.6 is 0 Å². The summed E-state index contributed by atoms with van der Waals surface area (Å²) in [4.78, 5) is 20.8. The van der Waals surface area contributed by atoms with Gasteiger partial charge in [-0.2, -0.15) is 4.80 Å². The van der Waals surface area contributed by atoms with Gasteiger partial charge in [0.15, 0.2) is 12.6 Å². The number of nitrogens with zero attached hydrogens (tertiary/aromatic N) is 6. The van der Waals surface area contributed by atoms with Gasteiger partial charge in [-0.1, -0.05) is 11.2 Å². The van der Waals surface area contributed by atoms with Crippen molar-refractivity contribution >= 4 is 11.8 Å². The number of alkyl halides is 3. The fourth-order valence-electron chi connectivity index (χ4n) is 4.90. The number of fused-ring (bicyclic) bond motifs is 1. The first-order chi connectivity index (χ1) is 17.9. The van der Waals surface area contributed by atoms with Crippen LogP contribution in [-0.4, -0.2) is 67.6 Å². The molecule has 0 bridgehead atoms. The van der Waals surface area contributed by atoms with Gasteiger partial charge in [-0.05, 0) is 51.0 Å². The molecule has 206 valence electrons. The molecule has 11 nitrogen and oxygen atoms in total. The Labute approximate surface area is 216 Å². The highest BCUT2D eigenvalue weighted by Gasteiger charge is 2.43. The number of rotatable bonds is 4. The summed E-state index contributed by atoms with van der Waals surface area (Å²) < 4.78 is 54.0. The van der Waals surface area contributed by atoms with Gasteiger partial charge in [-0.15, -0.1) is 23.4 Å². The Balaban J connectivity index is 1.14. The van der Waals surface area contributed by atoms with Crippen LogP contribution in [0.4, 0.5) is 13.2 Å². The van der Waals surface area contributed by atoms with Gasteiger partial charge >= 0.3 is 12.3 Å². The van der Waals surface area contributed by atoms with Gasteiger partial charge in [0.25, 0.3) is 0 Å². The zero-order valence-corrected chi connectivity index (χ0v) is 21.3. The van der Waals surface area contributed by atoms with E-state index in [2.05, 4.69) is 30.2 Å². The minimum Gasteiger partial charge on any atom is -0.487 e. The van der Waals surface area contributed by atoms with Crippen LogP contribution in [0.5, 0.6) is 11.5 Å². The van der Waals surface area contributed by atoms with Gasteiger partial charge < -0.3 is 23.9 Å². The number of carbonyl (C=O) groups is 1. The Bertz CT molecular complexity index is 1220. The Morgan fingerprint density at radius 3 is 2.66 bits per heavy atom. The van der Waals surface area contributed by atoms with Crippen LogP contribution in [0.2, 0.25) is 0 Å². The maximum absolute atomic E-state index is 12.8. The highest BCUT2D eigenvalue weighted by atomic mass is 19.4. The first kappa shape index (κ1) is 26.0. The van der Waals surface area contributed by atoms with Crippen LogP contribution in [0.25, 0.3) is 0 Å². The van der Waals surface area contributed by atoms with Gasteiger partial charge in [0.1, 0.15) is 28.5 Å². The van der Waals surface area contributed by atoms with E-state index in [1.165, 1.54) is 16.9 Å². The first-order valence-corrected chi connectivity index (χ1v) is 12.4. The summed E-state index contributed by atoms with van der Waals surface area (Å²) in [5, 5.41) is 16.4. The Kier molecular flexibility index (Phi) is 6.59. The second-order valence-corrected chi connectivity index (χ2v) is 10.6. The van der Waals surface area contributed by atoms with Crippen molar-refractivity contribution in [2.75, 3.05) is 13.1 Å². The molecule has 0 N–H and O–H groups in total. The topological polar surface area (TPSA) is 113 Å². The van der Waals surface area contributed by atoms with E-state index in [9.17, 15) is 18.0 Å². The van der Waals surface area contributed by atoms with Crippen LogP contribution in [-0.2, 0) is 27.3 Å². The fourth-order valence-corrected chi connectivity index (χ4v) is 4.90. The molecule has 3 aliphatic heterocycles. The SMILES string of the molecule is CC(C)(C)OC(=O)Cn1nnc(C2CC(N3CCC4(CCc5c(OC(F)(F)F)cccc5O4)CC3)=NO2)n1. The van der Waals surface area contributed by atoms with E-state index >= 15 is 0 Å². The average Bonchev–Trinajstić information content (AvgIpc) is 3.47. The standard InChI is InChI=1S/C24H29F3N6O5/c1-22(2,3)37-20(34)14-33-29-21(28-31-33)18-13-19(30-38-18)32-11-9-23(10-12-32)8-7-15-16(35-23)5-4-6-17(15)36-24(25,26)27/h4-6,18H,7-14H2,1-3H3. The summed E-state index contributed by atoms with van der Waals surface area (Å²) in [6.07, 6.45) is -2.40. The van der Waals surface area contributed by atoms with Crippen molar-refractivity contribution in [2.24, 2.45) is 5.16 Å². The molecule has 1 saturated heterocycles. The van der Waals surface area contributed by atoms with Crippen molar-refractivity contribution in [1.29, 1.82) is 0 Å². The van der Waals surface area contributed by atoms with Crippen molar-refractivity contribution in [1.82, 2.24) is 25.1 Å². The van der Waals surface area contributed by atoms with E-state index in [1.807, 2.05) is 0 Å². The number of carbonyl (C=O) groups excluding carboxylic acids is 1. The fraction of sp³-hybridized carbons (Fsp3) is 0.625. The first-order valence-electron chi connectivity index (χ1n) is 12.4. The molecule has 3 aliphatic rings. The Morgan fingerprint density at radius 2 is 1.95 bits per heavy atom. The third kappa shape index (κ3) is 5.94. The summed E-state index contributed by atoms with van der Waals surface area (Å²) >= 11 is 0. The normalized spacial score (nSPS) is 20.8. The molecule has 1 spiro atoms. The molecule has 1 unspecified atom stereocenters. The third-order valence-corrected chi connectivity index (χ3v) is 6.61. The monoisotopic (exact) mass is 538 g/mol. The third-order valence-electron chi connectivity index (χ3n) is 6.61. The number of tetrazole rings is 1. The molecule has 0 radical (unpaired) electrons. The zero-order valence-electron chi connectivity index (χ0n) is 21.3. The van der Waals surface area contributed by atoms with E-state index in [0.29, 0.717) is 62.3 Å². The molecule has 0 aliphatic carbocycles. The lowest BCUT2D eigenvalue weighted by Gasteiger charge is -2.45. The number of benzene rings is 1.